The Morgan fingerprint density at radius 3 is 1.84 bits per heavy atom. The molecule has 0 unspecified atom stereocenters. The van der Waals surface area contributed by atoms with Crippen molar-refractivity contribution in [3.8, 4) is 0 Å². The Morgan fingerprint density at radius 2 is 1.40 bits per heavy atom. The molecule has 0 aliphatic rings. The number of esters is 1. The van der Waals surface area contributed by atoms with Crippen LogP contribution in [0.15, 0.2) is 78.2 Å². The van der Waals surface area contributed by atoms with Crippen molar-refractivity contribution in [3.05, 3.63) is 94.2 Å². The molecule has 128 valence electrons. The van der Waals surface area contributed by atoms with Crippen LogP contribution in [0.1, 0.15) is 41.9 Å². The Hall–Kier alpha value is -2.39. The predicted octanol–water partition coefficient (Wildman–Crippen LogP) is 5.82. The standard InChI is InChI=1S/C22H22O2S/c1-16(2)21(19-14-9-15-25-19)24-22(23)20(17-10-5-3-6-11-17)18-12-7-4-8-13-18/h3-16,20-21H,1-2H3/t21-/m1/s1. The summed E-state index contributed by atoms with van der Waals surface area (Å²) in [6.45, 7) is 4.16. The molecule has 0 aliphatic heterocycles. The second-order valence-electron chi connectivity index (χ2n) is 6.37. The summed E-state index contributed by atoms with van der Waals surface area (Å²) in [6, 6.07) is 23.7. The molecule has 0 fully saturated rings. The minimum Gasteiger partial charge on any atom is -0.456 e. The van der Waals surface area contributed by atoms with Crippen LogP contribution in [0.3, 0.4) is 0 Å². The Bertz CT molecular complexity index is 740. The van der Waals surface area contributed by atoms with Gasteiger partial charge in [0.25, 0.3) is 0 Å². The number of thiophene rings is 1. The average Bonchev–Trinajstić information content (AvgIpc) is 3.16. The van der Waals surface area contributed by atoms with E-state index in [1.807, 2.05) is 78.2 Å². The fourth-order valence-electron chi connectivity index (χ4n) is 2.92. The number of carbonyl (C=O) groups excluding carboxylic acids is 1. The van der Waals surface area contributed by atoms with Crippen molar-refractivity contribution in [1.82, 2.24) is 0 Å². The fourth-order valence-corrected chi connectivity index (χ4v) is 3.85. The first-order valence-corrected chi connectivity index (χ1v) is 9.38. The van der Waals surface area contributed by atoms with Gasteiger partial charge in [-0.25, -0.2) is 0 Å². The molecule has 2 nitrogen and oxygen atoms in total. The summed E-state index contributed by atoms with van der Waals surface area (Å²) in [5.74, 6) is -0.400. The van der Waals surface area contributed by atoms with Crippen molar-refractivity contribution in [1.29, 1.82) is 0 Å². The van der Waals surface area contributed by atoms with Gasteiger partial charge in [-0.2, -0.15) is 0 Å². The van der Waals surface area contributed by atoms with Crippen LogP contribution in [0.4, 0.5) is 0 Å². The van der Waals surface area contributed by atoms with Gasteiger partial charge < -0.3 is 4.74 Å². The van der Waals surface area contributed by atoms with Crippen LogP contribution in [-0.2, 0) is 9.53 Å². The average molecular weight is 350 g/mol. The Morgan fingerprint density at radius 1 is 0.840 bits per heavy atom. The van der Waals surface area contributed by atoms with E-state index in [9.17, 15) is 4.79 Å². The van der Waals surface area contributed by atoms with Crippen molar-refractivity contribution in [2.24, 2.45) is 5.92 Å². The van der Waals surface area contributed by atoms with Gasteiger partial charge in [0.05, 0.1) is 0 Å². The van der Waals surface area contributed by atoms with Gasteiger partial charge in [0.1, 0.15) is 12.0 Å². The van der Waals surface area contributed by atoms with Gasteiger partial charge in [-0.05, 0) is 28.5 Å². The maximum atomic E-state index is 13.1. The molecule has 0 aliphatic carbocycles. The van der Waals surface area contributed by atoms with E-state index >= 15 is 0 Å². The van der Waals surface area contributed by atoms with E-state index in [0.29, 0.717) is 0 Å². The van der Waals surface area contributed by atoms with E-state index in [2.05, 4.69) is 13.8 Å². The molecule has 0 saturated carbocycles. The zero-order valence-electron chi connectivity index (χ0n) is 14.5. The predicted molar refractivity (Wildman–Crippen MR) is 103 cm³/mol. The molecule has 3 heteroatoms. The van der Waals surface area contributed by atoms with Gasteiger partial charge in [-0.15, -0.1) is 11.3 Å². The number of hydrogen-bond donors (Lipinski definition) is 0. The first-order valence-electron chi connectivity index (χ1n) is 8.50. The minimum absolute atomic E-state index is 0.204. The van der Waals surface area contributed by atoms with Crippen LogP contribution in [-0.4, -0.2) is 5.97 Å². The second kappa shape index (κ2) is 8.13. The van der Waals surface area contributed by atoms with Crippen molar-refractivity contribution in [2.75, 3.05) is 0 Å². The lowest BCUT2D eigenvalue weighted by molar-refractivity contribution is -0.152. The van der Waals surface area contributed by atoms with Gasteiger partial charge in [0.15, 0.2) is 0 Å². The molecule has 3 aromatic rings. The minimum atomic E-state index is -0.413. The number of carbonyl (C=O) groups is 1. The second-order valence-corrected chi connectivity index (χ2v) is 7.35. The quantitative estimate of drug-likeness (QED) is 0.524. The highest BCUT2D eigenvalue weighted by Crippen LogP contribution is 2.33. The molecule has 25 heavy (non-hydrogen) atoms. The van der Waals surface area contributed by atoms with E-state index in [1.54, 1.807) is 11.3 Å². The third-order valence-corrected chi connectivity index (χ3v) is 5.11. The fraction of sp³-hybridized carbons (Fsp3) is 0.227. The molecule has 0 bridgehead atoms. The molecule has 0 saturated heterocycles. The third kappa shape index (κ3) is 4.18. The maximum Gasteiger partial charge on any atom is 0.318 e. The van der Waals surface area contributed by atoms with Gasteiger partial charge in [-0.3, -0.25) is 4.79 Å². The Balaban J connectivity index is 1.92. The lowest BCUT2D eigenvalue weighted by Crippen LogP contribution is -2.22. The first-order chi connectivity index (χ1) is 12.2. The third-order valence-electron chi connectivity index (χ3n) is 4.17. The summed E-state index contributed by atoms with van der Waals surface area (Å²) in [5.41, 5.74) is 1.90. The van der Waals surface area contributed by atoms with E-state index in [1.165, 1.54) is 0 Å². The van der Waals surface area contributed by atoms with Crippen LogP contribution in [0.5, 0.6) is 0 Å². The molecule has 0 spiro atoms. The summed E-state index contributed by atoms with van der Waals surface area (Å²) in [7, 11) is 0. The molecule has 1 aromatic heterocycles. The summed E-state index contributed by atoms with van der Waals surface area (Å²) >= 11 is 1.63. The van der Waals surface area contributed by atoms with E-state index in [-0.39, 0.29) is 18.0 Å². The van der Waals surface area contributed by atoms with Crippen LogP contribution in [0, 0.1) is 5.92 Å². The Kier molecular flexibility index (Phi) is 5.67. The highest BCUT2D eigenvalue weighted by Gasteiger charge is 2.29. The van der Waals surface area contributed by atoms with Crippen LogP contribution >= 0.6 is 11.3 Å². The normalized spacial score (nSPS) is 12.3. The van der Waals surface area contributed by atoms with Crippen molar-refractivity contribution in [2.45, 2.75) is 25.9 Å². The van der Waals surface area contributed by atoms with Crippen molar-refractivity contribution in [3.63, 3.8) is 0 Å². The molecule has 0 amide bonds. The SMILES string of the molecule is CC(C)[C@@H](OC(=O)C(c1ccccc1)c1ccccc1)c1cccs1. The highest BCUT2D eigenvalue weighted by atomic mass is 32.1. The van der Waals surface area contributed by atoms with Crippen molar-refractivity contribution < 1.29 is 9.53 Å². The highest BCUT2D eigenvalue weighted by molar-refractivity contribution is 7.10. The van der Waals surface area contributed by atoms with Gasteiger partial charge in [-0.1, -0.05) is 80.6 Å². The van der Waals surface area contributed by atoms with Gasteiger partial charge >= 0.3 is 5.97 Å². The summed E-state index contributed by atoms with van der Waals surface area (Å²) in [6.07, 6.45) is -0.220. The first kappa shape index (κ1) is 17.4. The molecule has 0 radical (unpaired) electrons. The van der Waals surface area contributed by atoms with Crippen LogP contribution in [0.25, 0.3) is 0 Å². The zero-order chi connectivity index (χ0) is 17.6. The zero-order valence-corrected chi connectivity index (χ0v) is 15.3. The lowest BCUT2D eigenvalue weighted by atomic mass is 9.91. The van der Waals surface area contributed by atoms with Crippen LogP contribution in [0.2, 0.25) is 0 Å². The van der Waals surface area contributed by atoms with E-state index < -0.39 is 5.92 Å². The van der Waals surface area contributed by atoms with Gasteiger partial charge in [0.2, 0.25) is 0 Å². The van der Waals surface area contributed by atoms with E-state index in [4.69, 9.17) is 4.74 Å². The summed E-state index contributed by atoms with van der Waals surface area (Å²) in [5, 5.41) is 2.02. The topological polar surface area (TPSA) is 26.3 Å². The summed E-state index contributed by atoms with van der Waals surface area (Å²) < 4.78 is 6.00. The molecular weight excluding hydrogens is 328 g/mol. The Labute approximate surface area is 153 Å². The van der Waals surface area contributed by atoms with Gasteiger partial charge in [0, 0.05) is 4.88 Å². The number of rotatable bonds is 6. The molecule has 1 atom stereocenters. The maximum absolute atomic E-state index is 13.1. The van der Waals surface area contributed by atoms with Crippen molar-refractivity contribution >= 4 is 17.3 Å². The summed E-state index contributed by atoms with van der Waals surface area (Å²) in [4.78, 5) is 14.2. The monoisotopic (exact) mass is 350 g/mol. The lowest BCUT2D eigenvalue weighted by Gasteiger charge is -2.24. The van der Waals surface area contributed by atoms with Crippen LogP contribution < -0.4 is 0 Å². The number of benzene rings is 2. The molecular formula is C22H22O2S. The molecule has 2 aromatic carbocycles. The smallest absolute Gasteiger partial charge is 0.318 e. The largest absolute Gasteiger partial charge is 0.456 e. The number of ether oxygens (including phenoxy) is 1. The molecule has 1 heterocycles. The number of hydrogen-bond acceptors (Lipinski definition) is 3. The molecule has 0 N–H and O–H groups in total. The molecule has 3 rings (SSSR count). The van der Waals surface area contributed by atoms with E-state index in [0.717, 1.165) is 16.0 Å².